The molecule has 0 aromatic heterocycles. The van der Waals surface area contributed by atoms with Gasteiger partial charge in [0.2, 0.25) is 10.0 Å². The highest BCUT2D eigenvalue weighted by Crippen LogP contribution is 2.42. The van der Waals surface area contributed by atoms with Crippen LogP contribution in [0.4, 0.5) is 0 Å². The Hall–Kier alpha value is -1.44. The second-order valence-electron chi connectivity index (χ2n) is 7.12. The van der Waals surface area contributed by atoms with Crippen molar-refractivity contribution in [3.05, 3.63) is 42.5 Å². The SMILES string of the molecule is CS(=O)(=O)C1C[C@H]2CC[C@@H](C1)N2S(=O)(=O)c1cccc2ccccc12. The van der Waals surface area contributed by atoms with Crippen LogP contribution in [0.25, 0.3) is 10.8 Å². The van der Waals surface area contributed by atoms with Gasteiger partial charge in [0.25, 0.3) is 0 Å². The van der Waals surface area contributed by atoms with E-state index in [4.69, 9.17) is 0 Å². The summed E-state index contributed by atoms with van der Waals surface area (Å²) in [5, 5.41) is 1.18. The van der Waals surface area contributed by atoms with Gasteiger partial charge in [0.1, 0.15) is 9.84 Å². The van der Waals surface area contributed by atoms with Crippen LogP contribution < -0.4 is 0 Å². The lowest BCUT2D eigenvalue weighted by Gasteiger charge is -2.37. The van der Waals surface area contributed by atoms with Crippen LogP contribution in [-0.2, 0) is 19.9 Å². The molecule has 2 saturated heterocycles. The molecule has 134 valence electrons. The van der Waals surface area contributed by atoms with Crippen LogP contribution in [0, 0.1) is 0 Å². The topological polar surface area (TPSA) is 71.5 Å². The number of benzene rings is 2. The second-order valence-corrected chi connectivity index (χ2v) is 11.3. The molecule has 5 nitrogen and oxygen atoms in total. The molecule has 0 aliphatic carbocycles. The minimum Gasteiger partial charge on any atom is -0.229 e. The average molecular weight is 380 g/mol. The van der Waals surface area contributed by atoms with E-state index >= 15 is 0 Å². The van der Waals surface area contributed by atoms with Crippen LogP contribution in [0.3, 0.4) is 0 Å². The van der Waals surface area contributed by atoms with Crippen molar-refractivity contribution in [3.8, 4) is 0 Å². The van der Waals surface area contributed by atoms with E-state index in [0.29, 0.717) is 17.7 Å². The zero-order valence-corrected chi connectivity index (χ0v) is 15.6. The minimum atomic E-state index is -3.65. The molecular weight excluding hydrogens is 358 g/mol. The molecule has 0 radical (unpaired) electrons. The Kier molecular flexibility index (Phi) is 3.94. The number of hydrogen-bond donors (Lipinski definition) is 0. The van der Waals surface area contributed by atoms with Crippen LogP contribution in [0.1, 0.15) is 25.7 Å². The lowest BCUT2D eigenvalue weighted by Crippen LogP contribution is -2.49. The number of hydrogen-bond acceptors (Lipinski definition) is 4. The van der Waals surface area contributed by atoms with Crippen molar-refractivity contribution in [1.82, 2.24) is 4.31 Å². The number of rotatable bonds is 3. The van der Waals surface area contributed by atoms with Gasteiger partial charge in [-0.3, -0.25) is 0 Å². The third-order valence-corrected chi connectivity index (χ3v) is 9.19. The van der Waals surface area contributed by atoms with Gasteiger partial charge in [-0.25, -0.2) is 16.8 Å². The Labute approximate surface area is 148 Å². The van der Waals surface area contributed by atoms with Gasteiger partial charge in [-0.1, -0.05) is 36.4 Å². The van der Waals surface area contributed by atoms with Crippen LogP contribution >= 0.6 is 0 Å². The van der Waals surface area contributed by atoms with Crippen LogP contribution in [0.15, 0.2) is 47.4 Å². The summed E-state index contributed by atoms with van der Waals surface area (Å²) in [5.74, 6) is 0. The Morgan fingerprint density at radius 3 is 2.12 bits per heavy atom. The summed E-state index contributed by atoms with van der Waals surface area (Å²) in [5.41, 5.74) is 0. The molecule has 2 aromatic carbocycles. The highest BCUT2D eigenvalue weighted by Gasteiger charge is 2.49. The van der Waals surface area contributed by atoms with E-state index in [9.17, 15) is 16.8 Å². The molecule has 4 rings (SSSR count). The fraction of sp³-hybridized carbons (Fsp3) is 0.444. The van der Waals surface area contributed by atoms with Crippen LogP contribution in [-0.4, -0.2) is 44.7 Å². The first-order valence-corrected chi connectivity index (χ1v) is 11.9. The van der Waals surface area contributed by atoms with Gasteiger partial charge in [-0.15, -0.1) is 0 Å². The summed E-state index contributed by atoms with van der Waals surface area (Å²) >= 11 is 0. The van der Waals surface area contributed by atoms with Gasteiger partial charge in [0.15, 0.2) is 0 Å². The predicted molar refractivity (Wildman–Crippen MR) is 97.6 cm³/mol. The number of piperidine rings is 1. The zero-order chi connectivity index (χ0) is 17.8. The molecule has 2 aliphatic rings. The standard InChI is InChI=1S/C18H21NO4S2/c1-24(20,21)16-11-14-9-10-15(12-16)19(14)25(22,23)18-8-4-6-13-5-2-3-7-17(13)18/h2-8,14-16H,9-12H2,1H3/t14-,15+,16?. The Morgan fingerprint density at radius 2 is 1.48 bits per heavy atom. The Bertz CT molecular complexity index is 1010. The van der Waals surface area contributed by atoms with Gasteiger partial charge in [-0.2, -0.15) is 4.31 Å². The summed E-state index contributed by atoms with van der Waals surface area (Å²) in [4.78, 5) is 0.320. The van der Waals surface area contributed by atoms with Crippen molar-refractivity contribution in [1.29, 1.82) is 0 Å². The lowest BCUT2D eigenvalue weighted by molar-refractivity contribution is 0.249. The molecule has 25 heavy (non-hydrogen) atoms. The van der Waals surface area contributed by atoms with Crippen molar-refractivity contribution in [2.75, 3.05) is 6.26 Å². The molecule has 3 atom stereocenters. The van der Waals surface area contributed by atoms with Crippen LogP contribution in [0.2, 0.25) is 0 Å². The summed E-state index contributed by atoms with van der Waals surface area (Å²) in [6, 6.07) is 12.3. The van der Waals surface area contributed by atoms with E-state index in [0.717, 1.165) is 23.6 Å². The van der Waals surface area contributed by atoms with E-state index in [1.807, 2.05) is 30.3 Å². The maximum atomic E-state index is 13.4. The molecule has 1 unspecified atom stereocenters. The van der Waals surface area contributed by atoms with Crippen molar-refractivity contribution in [2.45, 2.75) is 47.9 Å². The molecule has 2 bridgehead atoms. The predicted octanol–water partition coefficient (Wildman–Crippen LogP) is 2.57. The monoisotopic (exact) mass is 379 g/mol. The quantitative estimate of drug-likeness (QED) is 0.822. The van der Waals surface area contributed by atoms with Gasteiger partial charge < -0.3 is 0 Å². The summed E-state index contributed by atoms with van der Waals surface area (Å²) < 4.78 is 52.3. The van der Waals surface area contributed by atoms with E-state index in [1.165, 1.54) is 6.26 Å². The smallest absolute Gasteiger partial charge is 0.229 e. The van der Waals surface area contributed by atoms with Gasteiger partial charge in [0.05, 0.1) is 10.1 Å². The Morgan fingerprint density at radius 1 is 0.880 bits per heavy atom. The highest BCUT2D eigenvalue weighted by atomic mass is 32.2. The normalized spacial score (nSPS) is 27.6. The van der Waals surface area contributed by atoms with Gasteiger partial charge in [0, 0.05) is 23.7 Å². The second kappa shape index (κ2) is 5.79. The molecule has 0 saturated carbocycles. The summed E-state index contributed by atoms with van der Waals surface area (Å²) in [7, 11) is -6.80. The maximum Gasteiger partial charge on any atom is 0.244 e. The maximum absolute atomic E-state index is 13.4. The van der Waals surface area contributed by atoms with E-state index in [2.05, 4.69) is 0 Å². The third kappa shape index (κ3) is 2.78. The molecule has 0 amide bonds. The van der Waals surface area contributed by atoms with E-state index in [1.54, 1.807) is 16.4 Å². The van der Waals surface area contributed by atoms with E-state index < -0.39 is 25.1 Å². The lowest BCUT2D eigenvalue weighted by atomic mass is 10.1. The minimum absolute atomic E-state index is 0.220. The highest BCUT2D eigenvalue weighted by molar-refractivity contribution is 7.91. The van der Waals surface area contributed by atoms with Crippen molar-refractivity contribution in [2.24, 2.45) is 0 Å². The molecular formula is C18H21NO4S2. The largest absolute Gasteiger partial charge is 0.244 e. The average Bonchev–Trinajstić information content (AvgIpc) is 2.84. The van der Waals surface area contributed by atoms with Crippen molar-refractivity contribution < 1.29 is 16.8 Å². The molecule has 7 heteroatoms. The first-order valence-electron chi connectivity index (χ1n) is 8.48. The Balaban J connectivity index is 1.77. The first-order chi connectivity index (χ1) is 11.8. The molecule has 0 N–H and O–H groups in total. The van der Waals surface area contributed by atoms with Gasteiger partial charge >= 0.3 is 0 Å². The number of sulfone groups is 1. The summed E-state index contributed by atoms with van der Waals surface area (Å²) in [6.07, 6.45) is 3.53. The van der Waals surface area contributed by atoms with Crippen LogP contribution in [0.5, 0.6) is 0 Å². The molecule has 2 fully saturated rings. The fourth-order valence-electron chi connectivity index (χ4n) is 4.36. The molecule has 2 heterocycles. The molecule has 2 aromatic rings. The zero-order valence-electron chi connectivity index (χ0n) is 14.0. The first kappa shape index (κ1) is 17.0. The van der Waals surface area contributed by atoms with Crippen molar-refractivity contribution in [3.63, 3.8) is 0 Å². The third-order valence-electron chi connectivity index (χ3n) is 5.53. The number of nitrogens with zero attached hydrogens (tertiary/aromatic N) is 1. The van der Waals surface area contributed by atoms with Gasteiger partial charge in [-0.05, 0) is 37.1 Å². The fourth-order valence-corrected chi connectivity index (χ4v) is 7.61. The van der Waals surface area contributed by atoms with Crippen molar-refractivity contribution >= 4 is 30.6 Å². The summed E-state index contributed by atoms with van der Waals surface area (Å²) in [6.45, 7) is 0. The molecule has 0 spiro atoms. The van der Waals surface area contributed by atoms with E-state index in [-0.39, 0.29) is 12.1 Å². The number of fused-ring (bicyclic) bond motifs is 3. The molecule has 2 aliphatic heterocycles. The number of sulfonamides is 1.